The van der Waals surface area contributed by atoms with Gasteiger partial charge in [0.15, 0.2) is 0 Å². The molecule has 1 fully saturated rings. The third kappa shape index (κ3) is 1.78. The van der Waals surface area contributed by atoms with Gasteiger partial charge >= 0.3 is 0 Å². The van der Waals surface area contributed by atoms with E-state index >= 15 is 0 Å². The molecule has 1 aromatic rings. The highest BCUT2D eigenvalue weighted by Crippen LogP contribution is 2.30. The molecular weight excluding hydrogens is 216 g/mol. The largest absolute Gasteiger partial charge is 0.493 e. The van der Waals surface area contributed by atoms with Crippen LogP contribution in [0.1, 0.15) is 24.2 Å². The van der Waals surface area contributed by atoms with E-state index in [-0.39, 0.29) is 12.1 Å². The molecule has 0 bridgehead atoms. The summed E-state index contributed by atoms with van der Waals surface area (Å²) in [7, 11) is 0. The van der Waals surface area contributed by atoms with Crippen molar-refractivity contribution in [1.29, 1.82) is 0 Å². The van der Waals surface area contributed by atoms with Crippen LogP contribution in [0.4, 0.5) is 0 Å². The Bertz CT molecular complexity index is 459. The van der Waals surface area contributed by atoms with E-state index in [1.807, 2.05) is 12.1 Å². The molecule has 90 valence electrons. The Hall–Kier alpha value is -1.55. The van der Waals surface area contributed by atoms with Crippen LogP contribution in [0.25, 0.3) is 0 Å². The number of fused-ring (bicyclic) bond motifs is 1. The van der Waals surface area contributed by atoms with Gasteiger partial charge in [-0.1, -0.05) is 13.0 Å². The Kier molecular flexibility index (Phi) is 2.52. The number of ether oxygens (including phenoxy) is 1. The van der Waals surface area contributed by atoms with Crippen molar-refractivity contribution >= 4 is 5.91 Å². The van der Waals surface area contributed by atoms with Crippen molar-refractivity contribution in [3.05, 3.63) is 29.3 Å². The molecule has 0 aromatic heterocycles. The zero-order valence-electron chi connectivity index (χ0n) is 9.90. The summed E-state index contributed by atoms with van der Waals surface area (Å²) in [4.78, 5) is 13.6. The van der Waals surface area contributed by atoms with E-state index in [1.54, 1.807) is 0 Å². The summed E-state index contributed by atoms with van der Waals surface area (Å²) >= 11 is 0. The fourth-order valence-corrected chi connectivity index (χ4v) is 2.53. The molecule has 2 heterocycles. The quantitative estimate of drug-likeness (QED) is 0.829. The molecule has 0 spiro atoms. The fourth-order valence-electron chi connectivity index (χ4n) is 2.53. The van der Waals surface area contributed by atoms with Gasteiger partial charge in [-0.2, -0.15) is 0 Å². The molecule has 1 N–H and O–H groups in total. The van der Waals surface area contributed by atoms with Gasteiger partial charge in [0.25, 0.3) is 0 Å². The van der Waals surface area contributed by atoms with Gasteiger partial charge in [-0.05, 0) is 29.8 Å². The van der Waals surface area contributed by atoms with Gasteiger partial charge in [-0.3, -0.25) is 9.69 Å². The van der Waals surface area contributed by atoms with Crippen LogP contribution in [-0.4, -0.2) is 30.5 Å². The lowest BCUT2D eigenvalue weighted by Crippen LogP contribution is -2.27. The molecule has 0 radical (unpaired) electrons. The van der Waals surface area contributed by atoms with Crippen molar-refractivity contribution in [1.82, 2.24) is 10.2 Å². The number of nitrogens with zero attached hydrogens (tertiary/aromatic N) is 1. The molecule has 0 aliphatic carbocycles. The number of rotatable bonds is 2. The molecular formula is C13H16N2O2. The predicted octanol–water partition coefficient (Wildman–Crippen LogP) is 1.07. The summed E-state index contributed by atoms with van der Waals surface area (Å²) < 4.78 is 5.49. The summed E-state index contributed by atoms with van der Waals surface area (Å²) in [6, 6.07) is 6.21. The first-order valence-corrected chi connectivity index (χ1v) is 6.07. The van der Waals surface area contributed by atoms with Gasteiger partial charge in [0.2, 0.25) is 5.91 Å². The second kappa shape index (κ2) is 4.04. The molecule has 1 amide bonds. The molecule has 1 aromatic carbocycles. The van der Waals surface area contributed by atoms with Crippen LogP contribution in [-0.2, 0) is 11.2 Å². The summed E-state index contributed by atoms with van der Waals surface area (Å²) in [5.74, 6) is 1.09. The van der Waals surface area contributed by atoms with E-state index in [2.05, 4.69) is 23.2 Å². The first-order valence-electron chi connectivity index (χ1n) is 6.07. The van der Waals surface area contributed by atoms with E-state index in [1.165, 1.54) is 5.56 Å². The first kappa shape index (κ1) is 10.6. The SMILES string of the molecule is CCN1CC(=O)NC1c1ccc2c(c1)CCO2. The third-order valence-corrected chi connectivity index (χ3v) is 3.44. The molecule has 0 saturated carbocycles. The van der Waals surface area contributed by atoms with Gasteiger partial charge in [0, 0.05) is 6.42 Å². The van der Waals surface area contributed by atoms with Crippen LogP contribution in [0, 0.1) is 0 Å². The minimum Gasteiger partial charge on any atom is -0.493 e. The van der Waals surface area contributed by atoms with E-state index < -0.39 is 0 Å². The lowest BCUT2D eigenvalue weighted by molar-refractivity contribution is -0.118. The van der Waals surface area contributed by atoms with Crippen LogP contribution in [0.15, 0.2) is 18.2 Å². The molecule has 1 unspecified atom stereocenters. The maximum atomic E-state index is 11.5. The summed E-state index contributed by atoms with van der Waals surface area (Å²) in [5, 5.41) is 3.01. The molecule has 2 aliphatic rings. The number of hydrogen-bond donors (Lipinski definition) is 1. The van der Waals surface area contributed by atoms with Crippen molar-refractivity contribution in [3.8, 4) is 5.75 Å². The van der Waals surface area contributed by atoms with Gasteiger partial charge in [0.05, 0.1) is 13.2 Å². The number of carbonyl (C=O) groups excluding carboxylic acids is 1. The number of carbonyl (C=O) groups is 1. The van der Waals surface area contributed by atoms with Gasteiger partial charge < -0.3 is 10.1 Å². The van der Waals surface area contributed by atoms with E-state index in [0.29, 0.717) is 6.54 Å². The molecule has 1 atom stereocenters. The highest BCUT2D eigenvalue weighted by Gasteiger charge is 2.30. The highest BCUT2D eigenvalue weighted by atomic mass is 16.5. The molecule has 4 nitrogen and oxygen atoms in total. The molecule has 1 saturated heterocycles. The summed E-state index contributed by atoms with van der Waals surface area (Å²) in [6.07, 6.45) is 0.995. The number of hydrogen-bond acceptors (Lipinski definition) is 3. The summed E-state index contributed by atoms with van der Waals surface area (Å²) in [5.41, 5.74) is 2.40. The molecule has 4 heteroatoms. The van der Waals surface area contributed by atoms with Gasteiger partial charge in [-0.25, -0.2) is 0 Å². The molecule has 3 rings (SSSR count). The minimum absolute atomic E-state index is 0.0263. The Morgan fingerprint density at radius 1 is 1.53 bits per heavy atom. The van der Waals surface area contributed by atoms with Crippen LogP contribution >= 0.6 is 0 Å². The van der Waals surface area contributed by atoms with Crippen molar-refractivity contribution in [3.63, 3.8) is 0 Å². The zero-order chi connectivity index (χ0) is 11.8. The van der Waals surface area contributed by atoms with Crippen molar-refractivity contribution in [2.24, 2.45) is 0 Å². The van der Waals surface area contributed by atoms with E-state index in [4.69, 9.17) is 4.74 Å². The normalized spacial score (nSPS) is 23.4. The lowest BCUT2D eigenvalue weighted by atomic mass is 10.1. The van der Waals surface area contributed by atoms with Crippen LogP contribution in [0.5, 0.6) is 5.75 Å². The maximum absolute atomic E-state index is 11.5. The Morgan fingerprint density at radius 3 is 3.24 bits per heavy atom. The summed E-state index contributed by atoms with van der Waals surface area (Å²) in [6.45, 7) is 4.21. The number of nitrogens with one attached hydrogen (secondary N) is 1. The van der Waals surface area contributed by atoms with Crippen LogP contribution in [0.3, 0.4) is 0 Å². The van der Waals surface area contributed by atoms with Gasteiger partial charge in [-0.15, -0.1) is 0 Å². The third-order valence-electron chi connectivity index (χ3n) is 3.44. The van der Waals surface area contributed by atoms with Gasteiger partial charge in [0.1, 0.15) is 11.9 Å². The molecule has 17 heavy (non-hydrogen) atoms. The van der Waals surface area contributed by atoms with Crippen LogP contribution < -0.4 is 10.1 Å². The number of amides is 1. The minimum atomic E-state index is 0.0263. The maximum Gasteiger partial charge on any atom is 0.235 e. The average molecular weight is 232 g/mol. The smallest absolute Gasteiger partial charge is 0.235 e. The first-order chi connectivity index (χ1) is 8.28. The highest BCUT2D eigenvalue weighted by molar-refractivity contribution is 5.80. The topological polar surface area (TPSA) is 41.6 Å². The van der Waals surface area contributed by atoms with E-state index in [0.717, 1.165) is 30.9 Å². The Labute approximate surface area is 101 Å². The zero-order valence-corrected chi connectivity index (χ0v) is 9.90. The number of benzene rings is 1. The van der Waals surface area contributed by atoms with Crippen LogP contribution in [0.2, 0.25) is 0 Å². The van der Waals surface area contributed by atoms with Crippen molar-refractivity contribution in [2.45, 2.75) is 19.5 Å². The van der Waals surface area contributed by atoms with Crippen molar-refractivity contribution < 1.29 is 9.53 Å². The fraction of sp³-hybridized carbons (Fsp3) is 0.462. The van der Waals surface area contributed by atoms with E-state index in [9.17, 15) is 4.79 Å². The standard InChI is InChI=1S/C13H16N2O2/c1-2-15-8-12(16)14-13(15)10-3-4-11-9(7-10)5-6-17-11/h3-4,7,13H,2,5-6,8H2,1H3,(H,14,16). The number of likely N-dealkylation sites (N-methyl/N-ethyl adjacent to an activating group) is 1. The van der Waals surface area contributed by atoms with Crippen molar-refractivity contribution in [2.75, 3.05) is 19.7 Å². The monoisotopic (exact) mass is 232 g/mol. The molecule has 2 aliphatic heterocycles. The average Bonchev–Trinajstić information content (AvgIpc) is 2.93. The second-order valence-electron chi connectivity index (χ2n) is 4.50. The Balaban J connectivity index is 1.91. The lowest BCUT2D eigenvalue weighted by Gasteiger charge is -2.22. The Morgan fingerprint density at radius 2 is 2.41 bits per heavy atom. The predicted molar refractivity (Wildman–Crippen MR) is 63.8 cm³/mol. The second-order valence-corrected chi connectivity index (χ2v) is 4.50.